The number of rotatable bonds is 4. The van der Waals surface area contributed by atoms with Crippen molar-refractivity contribution in [3.05, 3.63) is 65.7 Å². The molecule has 0 atom stereocenters. The van der Waals surface area contributed by atoms with E-state index in [1.165, 1.54) is 11.1 Å². The number of hydrogen-bond donors (Lipinski definition) is 1. The van der Waals surface area contributed by atoms with E-state index in [0.29, 0.717) is 0 Å². The van der Waals surface area contributed by atoms with Crippen molar-refractivity contribution >= 4 is 23.0 Å². The minimum atomic E-state index is 0.766. The van der Waals surface area contributed by atoms with Gasteiger partial charge in [-0.25, -0.2) is 0 Å². The molecule has 0 aliphatic carbocycles. The molecule has 0 unspecified atom stereocenters. The Kier molecular flexibility index (Phi) is 5.13. The fraction of sp³-hybridized carbons (Fsp3) is 0.235. The van der Waals surface area contributed by atoms with Gasteiger partial charge in [0.15, 0.2) is 5.11 Å². The first-order valence-corrected chi connectivity index (χ1v) is 7.27. The minimum absolute atomic E-state index is 0.766. The molecule has 0 spiro atoms. The maximum atomic E-state index is 5.51. The van der Waals surface area contributed by atoms with E-state index in [1.54, 1.807) is 0 Å². The summed E-state index contributed by atoms with van der Waals surface area (Å²) in [6.45, 7) is 5.76. The van der Waals surface area contributed by atoms with Gasteiger partial charge in [-0.1, -0.05) is 42.5 Å². The molecule has 0 fully saturated rings. The van der Waals surface area contributed by atoms with Crippen LogP contribution in [0.15, 0.2) is 54.6 Å². The molecular formula is C17H20N2S. The van der Waals surface area contributed by atoms with Crippen molar-refractivity contribution in [1.82, 2.24) is 5.32 Å². The topological polar surface area (TPSA) is 15.3 Å². The van der Waals surface area contributed by atoms with Crippen LogP contribution in [-0.4, -0.2) is 11.7 Å². The van der Waals surface area contributed by atoms with Crippen LogP contribution < -0.4 is 10.2 Å². The molecule has 0 saturated carbocycles. The largest absolute Gasteiger partial charge is 0.363 e. The molecule has 2 nitrogen and oxygen atoms in total. The van der Waals surface area contributed by atoms with Crippen LogP contribution in [0, 0.1) is 6.92 Å². The SMILES string of the molecule is CCNC(=S)N(Cc1ccccc1)c1cccc(C)c1. The van der Waals surface area contributed by atoms with Gasteiger partial charge in [-0.15, -0.1) is 0 Å². The third kappa shape index (κ3) is 3.81. The van der Waals surface area contributed by atoms with E-state index in [-0.39, 0.29) is 0 Å². The van der Waals surface area contributed by atoms with Crippen LogP contribution in [0.2, 0.25) is 0 Å². The highest BCUT2D eigenvalue weighted by Crippen LogP contribution is 2.19. The molecule has 0 aromatic heterocycles. The lowest BCUT2D eigenvalue weighted by molar-refractivity contribution is 0.911. The first-order chi connectivity index (χ1) is 9.70. The third-order valence-electron chi connectivity index (χ3n) is 3.07. The summed E-state index contributed by atoms with van der Waals surface area (Å²) in [7, 11) is 0. The van der Waals surface area contributed by atoms with Crippen LogP contribution in [-0.2, 0) is 6.54 Å². The van der Waals surface area contributed by atoms with E-state index in [4.69, 9.17) is 12.2 Å². The highest BCUT2D eigenvalue weighted by atomic mass is 32.1. The highest BCUT2D eigenvalue weighted by Gasteiger charge is 2.12. The van der Waals surface area contributed by atoms with Gasteiger partial charge in [0, 0.05) is 12.2 Å². The Hall–Kier alpha value is -1.87. The summed E-state index contributed by atoms with van der Waals surface area (Å²) < 4.78 is 0. The van der Waals surface area contributed by atoms with Crippen LogP contribution >= 0.6 is 12.2 Å². The Labute approximate surface area is 126 Å². The summed E-state index contributed by atoms with van der Waals surface area (Å²) in [5, 5.41) is 4.01. The summed E-state index contributed by atoms with van der Waals surface area (Å²) in [5.74, 6) is 0. The van der Waals surface area contributed by atoms with Crippen LogP contribution in [0.5, 0.6) is 0 Å². The van der Waals surface area contributed by atoms with E-state index in [9.17, 15) is 0 Å². The summed E-state index contributed by atoms with van der Waals surface area (Å²) in [6, 6.07) is 18.8. The quantitative estimate of drug-likeness (QED) is 0.857. The van der Waals surface area contributed by atoms with Gasteiger partial charge in [-0.05, 0) is 49.3 Å². The second-order valence-corrected chi connectivity index (χ2v) is 5.13. The van der Waals surface area contributed by atoms with E-state index in [0.717, 1.165) is 23.9 Å². The average molecular weight is 284 g/mol. The lowest BCUT2D eigenvalue weighted by Gasteiger charge is -2.26. The Morgan fingerprint density at radius 1 is 1.10 bits per heavy atom. The Morgan fingerprint density at radius 2 is 1.85 bits per heavy atom. The Bertz CT molecular complexity index is 566. The zero-order valence-electron chi connectivity index (χ0n) is 12.0. The smallest absolute Gasteiger partial charge is 0.173 e. The number of benzene rings is 2. The molecule has 0 amide bonds. The fourth-order valence-electron chi connectivity index (χ4n) is 2.09. The third-order valence-corrected chi connectivity index (χ3v) is 3.43. The van der Waals surface area contributed by atoms with Crippen molar-refractivity contribution in [2.75, 3.05) is 11.4 Å². The van der Waals surface area contributed by atoms with Crippen molar-refractivity contribution in [1.29, 1.82) is 0 Å². The van der Waals surface area contributed by atoms with Crippen LogP contribution in [0.25, 0.3) is 0 Å². The van der Waals surface area contributed by atoms with Gasteiger partial charge < -0.3 is 10.2 Å². The maximum absolute atomic E-state index is 5.51. The average Bonchev–Trinajstić information content (AvgIpc) is 2.46. The van der Waals surface area contributed by atoms with E-state index < -0.39 is 0 Å². The van der Waals surface area contributed by atoms with Crippen molar-refractivity contribution < 1.29 is 0 Å². The molecular weight excluding hydrogens is 264 g/mol. The number of nitrogens with zero attached hydrogens (tertiary/aromatic N) is 1. The summed E-state index contributed by atoms with van der Waals surface area (Å²) in [4.78, 5) is 2.14. The molecule has 1 N–H and O–H groups in total. The summed E-state index contributed by atoms with van der Waals surface area (Å²) in [6.07, 6.45) is 0. The van der Waals surface area contributed by atoms with Crippen molar-refractivity contribution in [3.8, 4) is 0 Å². The van der Waals surface area contributed by atoms with Crippen LogP contribution in [0.1, 0.15) is 18.1 Å². The van der Waals surface area contributed by atoms with E-state index in [1.807, 2.05) is 6.07 Å². The Morgan fingerprint density at radius 3 is 2.50 bits per heavy atom. The molecule has 2 aromatic rings. The van der Waals surface area contributed by atoms with Gasteiger partial charge in [0.05, 0.1) is 6.54 Å². The molecule has 0 radical (unpaired) electrons. The normalized spacial score (nSPS) is 10.1. The predicted molar refractivity (Wildman–Crippen MR) is 90.1 cm³/mol. The highest BCUT2D eigenvalue weighted by molar-refractivity contribution is 7.80. The summed E-state index contributed by atoms with van der Waals surface area (Å²) >= 11 is 5.51. The monoisotopic (exact) mass is 284 g/mol. The number of anilines is 1. The van der Waals surface area contributed by atoms with Crippen molar-refractivity contribution in [2.45, 2.75) is 20.4 Å². The second kappa shape index (κ2) is 7.06. The maximum Gasteiger partial charge on any atom is 0.173 e. The molecule has 2 rings (SSSR count). The standard InChI is InChI=1S/C17H20N2S/c1-3-18-17(20)19(13-15-9-5-4-6-10-15)16-11-7-8-14(2)12-16/h4-12H,3,13H2,1-2H3,(H,18,20). The van der Waals surface area contributed by atoms with Gasteiger partial charge in [-0.3, -0.25) is 0 Å². The molecule has 3 heteroatoms. The molecule has 2 aromatic carbocycles. The van der Waals surface area contributed by atoms with E-state index in [2.05, 4.69) is 72.6 Å². The van der Waals surface area contributed by atoms with E-state index >= 15 is 0 Å². The van der Waals surface area contributed by atoms with Crippen molar-refractivity contribution in [2.24, 2.45) is 0 Å². The predicted octanol–water partition coefficient (Wildman–Crippen LogP) is 3.90. The van der Waals surface area contributed by atoms with Crippen molar-refractivity contribution in [3.63, 3.8) is 0 Å². The lowest BCUT2D eigenvalue weighted by Crippen LogP contribution is -2.39. The van der Waals surface area contributed by atoms with Gasteiger partial charge in [0.25, 0.3) is 0 Å². The van der Waals surface area contributed by atoms with Crippen LogP contribution in [0.4, 0.5) is 5.69 Å². The number of aryl methyl sites for hydroxylation is 1. The number of hydrogen-bond acceptors (Lipinski definition) is 1. The molecule has 0 aliphatic rings. The van der Waals surface area contributed by atoms with Gasteiger partial charge in [0.2, 0.25) is 0 Å². The molecule has 0 aliphatic heterocycles. The molecule has 104 valence electrons. The van der Waals surface area contributed by atoms with Crippen LogP contribution in [0.3, 0.4) is 0 Å². The van der Waals surface area contributed by atoms with Gasteiger partial charge in [0.1, 0.15) is 0 Å². The zero-order valence-corrected chi connectivity index (χ0v) is 12.8. The molecule has 0 heterocycles. The lowest BCUT2D eigenvalue weighted by atomic mass is 10.1. The number of thiocarbonyl (C=S) groups is 1. The second-order valence-electron chi connectivity index (χ2n) is 4.75. The number of nitrogens with one attached hydrogen (secondary N) is 1. The first kappa shape index (κ1) is 14.5. The zero-order chi connectivity index (χ0) is 14.4. The molecule has 0 saturated heterocycles. The fourth-order valence-corrected chi connectivity index (χ4v) is 2.40. The summed E-state index contributed by atoms with van der Waals surface area (Å²) in [5.41, 5.74) is 3.61. The Balaban J connectivity index is 2.27. The first-order valence-electron chi connectivity index (χ1n) is 6.86. The van der Waals surface area contributed by atoms with Gasteiger partial charge >= 0.3 is 0 Å². The molecule has 0 bridgehead atoms. The molecule has 20 heavy (non-hydrogen) atoms. The minimum Gasteiger partial charge on any atom is -0.363 e. The van der Waals surface area contributed by atoms with Gasteiger partial charge in [-0.2, -0.15) is 0 Å².